The third-order valence-electron chi connectivity index (χ3n) is 6.19. The van der Waals surface area contributed by atoms with Crippen LogP contribution in [0.3, 0.4) is 0 Å². The standard InChI is InChI=1S/C26H27FN6O2/c1-15(11-29-22-10-21(32-14-33-22)17-8-9-23(35-4)30-12-17)16(2)18-6-5-7-19-24(26(34)28-3)20(27)13-31-25(18)19/h5-10,12-16H,11H2,1-4H3,(H,28,34)(H,29,32,33)/t15-,16?/m1/s1. The molecule has 0 aliphatic carbocycles. The smallest absolute Gasteiger partial charge is 0.254 e. The van der Waals surface area contributed by atoms with Crippen molar-refractivity contribution in [2.75, 3.05) is 26.0 Å². The molecule has 1 aromatic carbocycles. The van der Waals surface area contributed by atoms with Crippen LogP contribution in [0.4, 0.5) is 10.2 Å². The van der Waals surface area contributed by atoms with Gasteiger partial charge in [0, 0.05) is 42.9 Å². The molecule has 0 saturated carbocycles. The highest BCUT2D eigenvalue weighted by Gasteiger charge is 2.21. The Hall–Kier alpha value is -4.14. The summed E-state index contributed by atoms with van der Waals surface area (Å²) in [4.78, 5) is 29.5. The number of nitrogens with zero attached hydrogens (tertiary/aromatic N) is 4. The van der Waals surface area contributed by atoms with Crippen molar-refractivity contribution in [3.05, 3.63) is 72.1 Å². The number of methoxy groups -OCH3 is 1. The van der Waals surface area contributed by atoms with Gasteiger partial charge in [0.15, 0.2) is 5.82 Å². The molecule has 3 heterocycles. The molecule has 0 aliphatic heterocycles. The Balaban J connectivity index is 1.52. The average Bonchev–Trinajstić information content (AvgIpc) is 2.90. The second-order valence-corrected chi connectivity index (χ2v) is 8.33. The number of aromatic nitrogens is 4. The molecule has 0 bridgehead atoms. The summed E-state index contributed by atoms with van der Waals surface area (Å²) in [6, 6.07) is 11.1. The Morgan fingerprint density at radius 1 is 1.09 bits per heavy atom. The van der Waals surface area contributed by atoms with Crippen LogP contribution < -0.4 is 15.4 Å². The zero-order chi connectivity index (χ0) is 24.9. The predicted octanol–water partition coefficient (Wildman–Crippen LogP) is 4.45. The van der Waals surface area contributed by atoms with E-state index in [1.165, 1.54) is 13.4 Å². The summed E-state index contributed by atoms with van der Waals surface area (Å²) in [6.07, 6.45) is 4.33. The molecule has 180 valence electrons. The van der Waals surface area contributed by atoms with E-state index in [-0.39, 0.29) is 17.4 Å². The Bertz CT molecular complexity index is 1350. The Labute approximate surface area is 203 Å². The minimum Gasteiger partial charge on any atom is -0.481 e. The number of carbonyl (C=O) groups is 1. The van der Waals surface area contributed by atoms with Gasteiger partial charge in [-0.25, -0.2) is 19.3 Å². The molecular weight excluding hydrogens is 447 g/mol. The maximum Gasteiger partial charge on any atom is 0.254 e. The van der Waals surface area contributed by atoms with Gasteiger partial charge in [0.2, 0.25) is 5.88 Å². The van der Waals surface area contributed by atoms with E-state index in [2.05, 4.69) is 44.4 Å². The fourth-order valence-electron chi connectivity index (χ4n) is 3.96. The number of benzene rings is 1. The molecule has 9 heteroatoms. The lowest BCUT2D eigenvalue weighted by atomic mass is 9.87. The summed E-state index contributed by atoms with van der Waals surface area (Å²) in [6.45, 7) is 4.85. The summed E-state index contributed by atoms with van der Waals surface area (Å²) < 4.78 is 19.5. The van der Waals surface area contributed by atoms with Gasteiger partial charge in [-0.05, 0) is 23.5 Å². The van der Waals surface area contributed by atoms with Crippen molar-refractivity contribution in [1.29, 1.82) is 0 Å². The van der Waals surface area contributed by atoms with E-state index in [0.29, 0.717) is 29.1 Å². The van der Waals surface area contributed by atoms with Crippen molar-refractivity contribution < 1.29 is 13.9 Å². The van der Waals surface area contributed by atoms with Gasteiger partial charge >= 0.3 is 0 Å². The molecule has 35 heavy (non-hydrogen) atoms. The van der Waals surface area contributed by atoms with Crippen LogP contribution in [0.1, 0.15) is 35.7 Å². The second-order valence-electron chi connectivity index (χ2n) is 8.33. The molecule has 0 radical (unpaired) electrons. The largest absolute Gasteiger partial charge is 0.481 e. The molecule has 0 spiro atoms. The van der Waals surface area contributed by atoms with Crippen LogP contribution in [0.15, 0.2) is 55.1 Å². The monoisotopic (exact) mass is 474 g/mol. The quantitative estimate of drug-likeness (QED) is 0.389. The second kappa shape index (κ2) is 10.4. The van der Waals surface area contributed by atoms with Crippen LogP contribution in [-0.4, -0.2) is 46.5 Å². The topological polar surface area (TPSA) is 102 Å². The van der Waals surface area contributed by atoms with Gasteiger partial charge in [-0.1, -0.05) is 32.0 Å². The van der Waals surface area contributed by atoms with Gasteiger partial charge in [-0.2, -0.15) is 0 Å². The summed E-state index contributed by atoms with van der Waals surface area (Å²) in [5, 5.41) is 6.39. The number of para-hydroxylation sites is 1. The van der Waals surface area contributed by atoms with Crippen LogP contribution in [0.2, 0.25) is 0 Å². The summed E-state index contributed by atoms with van der Waals surface area (Å²) in [5.74, 6) is 0.386. The van der Waals surface area contributed by atoms with Crippen LogP contribution >= 0.6 is 0 Å². The highest BCUT2D eigenvalue weighted by Crippen LogP contribution is 2.32. The van der Waals surface area contributed by atoms with Gasteiger partial charge < -0.3 is 15.4 Å². The number of amides is 1. The number of halogens is 1. The van der Waals surface area contributed by atoms with Crippen molar-refractivity contribution in [3.63, 3.8) is 0 Å². The van der Waals surface area contributed by atoms with Crippen molar-refractivity contribution >= 4 is 22.6 Å². The number of anilines is 1. The number of rotatable bonds is 8. The van der Waals surface area contributed by atoms with Crippen LogP contribution in [0, 0.1) is 11.7 Å². The predicted molar refractivity (Wildman–Crippen MR) is 133 cm³/mol. The summed E-state index contributed by atoms with van der Waals surface area (Å²) in [7, 11) is 3.06. The van der Waals surface area contributed by atoms with Gasteiger partial charge in [-0.3, -0.25) is 9.78 Å². The Kier molecular flexibility index (Phi) is 7.14. The van der Waals surface area contributed by atoms with E-state index >= 15 is 0 Å². The maximum atomic E-state index is 14.4. The van der Waals surface area contributed by atoms with Gasteiger partial charge in [0.25, 0.3) is 5.91 Å². The number of hydrogen-bond acceptors (Lipinski definition) is 7. The molecule has 1 unspecified atom stereocenters. The van der Waals surface area contributed by atoms with E-state index in [9.17, 15) is 9.18 Å². The molecule has 8 nitrogen and oxygen atoms in total. The van der Waals surface area contributed by atoms with E-state index in [1.54, 1.807) is 25.4 Å². The maximum absolute atomic E-state index is 14.4. The van der Waals surface area contributed by atoms with E-state index in [4.69, 9.17) is 4.74 Å². The molecule has 4 rings (SSSR count). The van der Waals surface area contributed by atoms with E-state index in [0.717, 1.165) is 23.0 Å². The number of carbonyl (C=O) groups excluding carboxylic acids is 1. The van der Waals surface area contributed by atoms with Crippen molar-refractivity contribution in [1.82, 2.24) is 25.3 Å². The highest BCUT2D eigenvalue weighted by molar-refractivity contribution is 6.06. The first-order chi connectivity index (χ1) is 16.9. The van der Waals surface area contributed by atoms with Crippen molar-refractivity contribution in [3.8, 4) is 17.1 Å². The molecule has 3 aromatic heterocycles. The lowest BCUT2D eigenvalue weighted by molar-refractivity contribution is 0.0960. The van der Waals surface area contributed by atoms with Crippen LogP contribution in [0.25, 0.3) is 22.2 Å². The fraction of sp³-hybridized carbons (Fsp3) is 0.269. The molecule has 0 aliphatic rings. The number of ether oxygens (including phenoxy) is 1. The van der Waals surface area contributed by atoms with E-state index in [1.807, 2.05) is 24.3 Å². The molecule has 4 aromatic rings. The minimum absolute atomic E-state index is 0.0128. The Morgan fingerprint density at radius 2 is 1.91 bits per heavy atom. The molecule has 0 fully saturated rings. The zero-order valence-electron chi connectivity index (χ0n) is 20.0. The average molecular weight is 475 g/mol. The van der Waals surface area contributed by atoms with Gasteiger partial charge in [0.1, 0.15) is 12.1 Å². The lowest BCUT2D eigenvalue weighted by Gasteiger charge is -2.22. The molecule has 2 N–H and O–H groups in total. The number of fused-ring (bicyclic) bond motifs is 1. The first-order valence-corrected chi connectivity index (χ1v) is 11.3. The molecule has 0 saturated heterocycles. The molecule has 2 atom stereocenters. The van der Waals surface area contributed by atoms with E-state index < -0.39 is 11.7 Å². The number of nitrogens with one attached hydrogen (secondary N) is 2. The van der Waals surface area contributed by atoms with Gasteiger partial charge in [0.05, 0.1) is 30.1 Å². The van der Waals surface area contributed by atoms with Crippen LogP contribution in [-0.2, 0) is 0 Å². The van der Waals surface area contributed by atoms with Crippen molar-refractivity contribution in [2.24, 2.45) is 5.92 Å². The van der Waals surface area contributed by atoms with Crippen LogP contribution in [0.5, 0.6) is 5.88 Å². The van der Waals surface area contributed by atoms with Gasteiger partial charge in [-0.15, -0.1) is 0 Å². The number of pyridine rings is 2. The normalized spacial score (nSPS) is 12.7. The Morgan fingerprint density at radius 3 is 2.63 bits per heavy atom. The fourth-order valence-corrected chi connectivity index (χ4v) is 3.96. The lowest BCUT2D eigenvalue weighted by Crippen LogP contribution is -2.21. The minimum atomic E-state index is -0.636. The van der Waals surface area contributed by atoms with Crippen molar-refractivity contribution in [2.45, 2.75) is 19.8 Å². The molecular formula is C26H27FN6O2. The molecule has 1 amide bonds. The highest BCUT2D eigenvalue weighted by atomic mass is 19.1. The third kappa shape index (κ3) is 5.03. The first kappa shape index (κ1) is 24.0. The summed E-state index contributed by atoms with van der Waals surface area (Å²) in [5.41, 5.74) is 3.20. The third-order valence-corrected chi connectivity index (χ3v) is 6.19. The number of hydrogen-bond donors (Lipinski definition) is 2. The zero-order valence-corrected chi connectivity index (χ0v) is 20.0. The summed E-state index contributed by atoms with van der Waals surface area (Å²) >= 11 is 0. The SMILES string of the molecule is CNC(=O)c1c(F)cnc2c(C(C)[C@H](C)CNc3cc(-c4ccc(OC)nc4)ncn3)cccc12. The first-order valence-electron chi connectivity index (χ1n) is 11.3.